The van der Waals surface area contributed by atoms with Gasteiger partial charge in [-0.25, -0.2) is 0 Å². The fourth-order valence-corrected chi connectivity index (χ4v) is 3.43. The fraction of sp³-hybridized carbons (Fsp3) is 0.267. The molecular weight excluding hydrogens is 256 g/mol. The molecule has 4 heteroatoms. The van der Waals surface area contributed by atoms with Gasteiger partial charge >= 0.3 is 0 Å². The van der Waals surface area contributed by atoms with E-state index in [1.165, 1.54) is 10.4 Å². The van der Waals surface area contributed by atoms with Gasteiger partial charge in [-0.05, 0) is 54.1 Å². The number of carbonyl (C=O) groups excluding carboxylic acids is 1. The third-order valence-electron chi connectivity index (χ3n) is 3.44. The van der Waals surface area contributed by atoms with Gasteiger partial charge in [-0.15, -0.1) is 11.3 Å². The highest BCUT2D eigenvalue weighted by molar-refractivity contribution is 7.10. The topological polar surface area (TPSA) is 46.3 Å². The number of anilines is 1. The van der Waals surface area contributed by atoms with E-state index in [1.54, 1.807) is 17.4 Å². The summed E-state index contributed by atoms with van der Waals surface area (Å²) in [4.78, 5) is 15.8. The molecule has 2 N–H and O–H groups in total. The molecule has 0 radical (unpaired) electrons. The van der Waals surface area contributed by atoms with E-state index < -0.39 is 0 Å². The maximum absolute atomic E-state index is 12.5. The van der Waals surface area contributed by atoms with Gasteiger partial charge in [0.05, 0.1) is 0 Å². The van der Waals surface area contributed by atoms with Gasteiger partial charge in [0.25, 0.3) is 5.91 Å². The maximum atomic E-state index is 12.5. The lowest BCUT2D eigenvalue weighted by molar-refractivity contribution is 0.0736. The molecule has 1 amide bonds. The average Bonchev–Trinajstić information content (AvgIpc) is 2.83. The second kappa shape index (κ2) is 4.70. The molecule has 3 nitrogen and oxygen atoms in total. The Bertz CT molecular complexity index is 613. The number of amides is 1. The van der Waals surface area contributed by atoms with Crippen LogP contribution in [0.2, 0.25) is 0 Å². The number of hydrogen-bond donors (Lipinski definition) is 1. The van der Waals surface area contributed by atoms with E-state index in [-0.39, 0.29) is 5.91 Å². The number of aryl methyl sites for hydroxylation is 1. The van der Waals surface area contributed by atoms with E-state index in [0.29, 0.717) is 17.8 Å². The van der Waals surface area contributed by atoms with E-state index in [9.17, 15) is 4.79 Å². The van der Waals surface area contributed by atoms with E-state index >= 15 is 0 Å². The third-order valence-corrected chi connectivity index (χ3v) is 4.46. The third kappa shape index (κ3) is 2.36. The molecule has 0 atom stereocenters. The number of nitrogens with zero attached hydrogens (tertiary/aromatic N) is 1. The predicted molar refractivity (Wildman–Crippen MR) is 78.4 cm³/mol. The fourth-order valence-electron chi connectivity index (χ4n) is 2.54. The molecule has 1 aromatic heterocycles. The van der Waals surface area contributed by atoms with Gasteiger partial charge in [-0.3, -0.25) is 4.79 Å². The minimum atomic E-state index is 0.0762. The van der Waals surface area contributed by atoms with Crippen LogP contribution in [0, 0.1) is 6.92 Å². The maximum Gasteiger partial charge on any atom is 0.254 e. The molecule has 98 valence electrons. The molecule has 0 aliphatic carbocycles. The number of nitrogen functional groups attached to an aromatic ring is 1. The molecule has 2 aromatic rings. The average molecular weight is 272 g/mol. The van der Waals surface area contributed by atoms with Crippen LogP contribution in [0.3, 0.4) is 0 Å². The van der Waals surface area contributed by atoms with Crippen molar-refractivity contribution in [3.63, 3.8) is 0 Å². The molecule has 1 aromatic carbocycles. The van der Waals surface area contributed by atoms with Gasteiger partial charge in [0.2, 0.25) is 0 Å². The molecule has 0 bridgehead atoms. The van der Waals surface area contributed by atoms with Crippen molar-refractivity contribution in [2.24, 2.45) is 0 Å². The molecule has 19 heavy (non-hydrogen) atoms. The summed E-state index contributed by atoms with van der Waals surface area (Å²) in [5.41, 5.74) is 9.47. The number of hydrogen-bond acceptors (Lipinski definition) is 3. The first-order valence-corrected chi connectivity index (χ1v) is 7.23. The lowest BCUT2D eigenvalue weighted by atomic mass is 10.1. The summed E-state index contributed by atoms with van der Waals surface area (Å²) < 4.78 is 0. The number of rotatable bonds is 1. The number of nitrogens with two attached hydrogens (primary N) is 1. The Balaban J connectivity index is 1.85. The monoisotopic (exact) mass is 272 g/mol. The standard InChI is InChI=1S/C15H16N2OS/c1-10-6-12(8-13(16)7-10)15(18)17-4-2-14-11(9-17)3-5-19-14/h3,5-8H,2,4,9,16H2,1H3. The lowest BCUT2D eigenvalue weighted by Crippen LogP contribution is -2.35. The lowest BCUT2D eigenvalue weighted by Gasteiger charge is -2.27. The Morgan fingerprint density at radius 3 is 3.00 bits per heavy atom. The van der Waals surface area contributed by atoms with Crippen LogP contribution in [0.25, 0.3) is 0 Å². The summed E-state index contributed by atoms with van der Waals surface area (Å²) in [6, 6.07) is 7.66. The van der Waals surface area contributed by atoms with Gasteiger partial charge < -0.3 is 10.6 Å². The second-order valence-corrected chi connectivity index (χ2v) is 5.98. The Morgan fingerprint density at radius 2 is 2.21 bits per heavy atom. The van der Waals surface area contributed by atoms with E-state index in [1.807, 2.05) is 24.0 Å². The van der Waals surface area contributed by atoms with Crippen LogP contribution in [0.5, 0.6) is 0 Å². The smallest absolute Gasteiger partial charge is 0.254 e. The zero-order valence-electron chi connectivity index (χ0n) is 10.8. The highest BCUT2D eigenvalue weighted by Crippen LogP contribution is 2.25. The predicted octanol–water partition coefficient (Wildman–Crippen LogP) is 2.84. The van der Waals surface area contributed by atoms with Crippen molar-refractivity contribution in [1.82, 2.24) is 4.90 Å². The quantitative estimate of drug-likeness (QED) is 0.811. The van der Waals surface area contributed by atoms with Gasteiger partial charge in [0.1, 0.15) is 0 Å². The minimum absolute atomic E-state index is 0.0762. The zero-order valence-corrected chi connectivity index (χ0v) is 11.7. The number of fused-ring (bicyclic) bond motifs is 1. The normalized spacial score (nSPS) is 14.3. The van der Waals surface area contributed by atoms with Crippen molar-refractivity contribution in [3.8, 4) is 0 Å². The van der Waals surface area contributed by atoms with Crippen LogP contribution < -0.4 is 5.73 Å². The molecule has 0 unspecified atom stereocenters. The van der Waals surface area contributed by atoms with Crippen molar-refractivity contribution in [2.45, 2.75) is 19.9 Å². The minimum Gasteiger partial charge on any atom is -0.399 e. The molecule has 1 aliphatic heterocycles. The Labute approximate surface area is 116 Å². The van der Waals surface area contributed by atoms with Crippen molar-refractivity contribution < 1.29 is 4.79 Å². The molecule has 3 rings (SSSR count). The van der Waals surface area contributed by atoms with Crippen molar-refractivity contribution in [3.05, 3.63) is 51.2 Å². The van der Waals surface area contributed by atoms with Gasteiger partial charge in [-0.2, -0.15) is 0 Å². The van der Waals surface area contributed by atoms with E-state index in [0.717, 1.165) is 18.5 Å². The van der Waals surface area contributed by atoms with Crippen LogP contribution >= 0.6 is 11.3 Å². The molecule has 1 aliphatic rings. The van der Waals surface area contributed by atoms with E-state index in [4.69, 9.17) is 5.73 Å². The largest absolute Gasteiger partial charge is 0.399 e. The summed E-state index contributed by atoms with van der Waals surface area (Å²) in [5, 5.41) is 2.10. The summed E-state index contributed by atoms with van der Waals surface area (Å²) >= 11 is 1.78. The first-order valence-electron chi connectivity index (χ1n) is 6.35. The first kappa shape index (κ1) is 12.2. The second-order valence-electron chi connectivity index (χ2n) is 4.98. The van der Waals surface area contributed by atoms with Crippen molar-refractivity contribution >= 4 is 22.9 Å². The Kier molecular flexibility index (Phi) is 3.03. The van der Waals surface area contributed by atoms with Crippen LogP contribution in [-0.4, -0.2) is 17.4 Å². The van der Waals surface area contributed by atoms with Crippen LogP contribution in [-0.2, 0) is 13.0 Å². The summed E-state index contributed by atoms with van der Waals surface area (Å²) in [6.45, 7) is 3.46. The summed E-state index contributed by atoms with van der Waals surface area (Å²) in [7, 11) is 0. The first-order chi connectivity index (χ1) is 9.13. The Morgan fingerprint density at radius 1 is 1.37 bits per heavy atom. The number of carbonyl (C=O) groups is 1. The highest BCUT2D eigenvalue weighted by Gasteiger charge is 2.22. The van der Waals surface area contributed by atoms with Crippen LogP contribution in [0.15, 0.2) is 29.6 Å². The van der Waals surface area contributed by atoms with Gasteiger partial charge in [0, 0.05) is 29.2 Å². The van der Waals surface area contributed by atoms with Crippen LogP contribution in [0.1, 0.15) is 26.4 Å². The molecule has 0 fully saturated rings. The molecular formula is C15H16N2OS. The molecule has 0 saturated carbocycles. The van der Waals surface area contributed by atoms with Gasteiger partial charge in [0.15, 0.2) is 0 Å². The highest BCUT2D eigenvalue weighted by atomic mass is 32.1. The SMILES string of the molecule is Cc1cc(N)cc(C(=O)N2CCc3sccc3C2)c1. The summed E-state index contributed by atoms with van der Waals surface area (Å²) in [5.74, 6) is 0.0762. The zero-order chi connectivity index (χ0) is 13.4. The van der Waals surface area contributed by atoms with Crippen LogP contribution in [0.4, 0.5) is 5.69 Å². The van der Waals surface area contributed by atoms with Crippen molar-refractivity contribution in [1.29, 1.82) is 0 Å². The summed E-state index contributed by atoms with van der Waals surface area (Å²) in [6.07, 6.45) is 0.958. The Hall–Kier alpha value is -1.81. The molecule has 0 spiro atoms. The van der Waals surface area contributed by atoms with Gasteiger partial charge in [-0.1, -0.05) is 0 Å². The van der Waals surface area contributed by atoms with E-state index in [2.05, 4.69) is 11.4 Å². The molecule has 0 saturated heterocycles. The molecule has 2 heterocycles. The number of benzene rings is 1. The number of thiophene rings is 1. The van der Waals surface area contributed by atoms with Crippen molar-refractivity contribution in [2.75, 3.05) is 12.3 Å².